The van der Waals surface area contributed by atoms with Crippen LogP contribution in [0.2, 0.25) is 0 Å². The molecule has 7 heteroatoms. The summed E-state index contributed by atoms with van der Waals surface area (Å²) in [6, 6.07) is 2.95. The van der Waals surface area contributed by atoms with E-state index in [1.54, 1.807) is 13.8 Å². The largest absolute Gasteiger partial charge is 0.456 e. The first-order chi connectivity index (χ1) is 8.00. The summed E-state index contributed by atoms with van der Waals surface area (Å²) in [7, 11) is -3.21. The van der Waals surface area contributed by atoms with Gasteiger partial charge in [-0.3, -0.25) is 9.36 Å². The van der Waals surface area contributed by atoms with Gasteiger partial charge in [0.25, 0.3) is 5.24 Å². The molecular formula is C10H14ClO5P. The zero-order valence-corrected chi connectivity index (χ0v) is 11.3. The van der Waals surface area contributed by atoms with Crippen LogP contribution in [0, 0.1) is 0 Å². The van der Waals surface area contributed by atoms with Crippen molar-refractivity contribution in [1.29, 1.82) is 0 Å². The van der Waals surface area contributed by atoms with Gasteiger partial charge in [0.05, 0.1) is 13.2 Å². The predicted molar refractivity (Wildman–Crippen MR) is 63.5 cm³/mol. The van der Waals surface area contributed by atoms with E-state index in [9.17, 15) is 9.36 Å². The zero-order chi connectivity index (χ0) is 12.9. The Labute approximate surface area is 105 Å². The van der Waals surface area contributed by atoms with Crippen LogP contribution in [0.3, 0.4) is 0 Å². The lowest BCUT2D eigenvalue weighted by Gasteiger charge is -2.15. The van der Waals surface area contributed by atoms with Crippen molar-refractivity contribution in [3.8, 4) is 0 Å². The molecule has 1 aromatic rings. The number of carbonyl (C=O) groups excluding carboxylic acids is 1. The average molecular weight is 281 g/mol. The molecule has 0 amide bonds. The Kier molecular flexibility index (Phi) is 5.40. The van der Waals surface area contributed by atoms with E-state index in [1.165, 1.54) is 12.1 Å². The quantitative estimate of drug-likeness (QED) is 0.565. The molecule has 0 unspecified atom stereocenters. The van der Waals surface area contributed by atoms with Gasteiger partial charge in [-0.05, 0) is 37.6 Å². The van der Waals surface area contributed by atoms with Gasteiger partial charge in [0.1, 0.15) is 11.9 Å². The van der Waals surface area contributed by atoms with Crippen LogP contribution < -0.4 is 0 Å². The van der Waals surface area contributed by atoms with Crippen LogP contribution in [0.25, 0.3) is 0 Å². The molecular weight excluding hydrogens is 267 g/mol. The fourth-order valence-electron chi connectivity index (χ4n) is 1.28. The predicted octanol–water partition coefficient (Wildman–Crippen LogP) is 3.42. The van der Waals surface area contributed by atoms with Crippen molar-refractivity contribution in [2.75, 3.05) is 13.2 Å². The van der Waals surface area contributed by atoms with Gasteiger partial charge in [0, 0.05) is 0 Å². The number of carbonyl (C=O) groups is 1. The van der Waals surface area contributed by atoms with Gasteiger partial charge in [-0.1, -0.05) is 0 Å². The molecule has 0 saturated carbocycles. The van der Waals surface area contributed by atoms with Crippen molar-refractivity contribution in [1.82, 2.24) is 0 Å². The summed E-state index contributed by atoms with van der Waals surface area (Å²) >= 11 is 5.25. The molecule has 96 valence electrons. The summed E-state index contributed by atoms with van der Waals surface area (Å²) in [6.07, 6.45) is -0.0150. The van der Waals surface area contributed by atoms with Crippen molar-refractivity contribution >= 4 is 24.4 Å². The maximum atomic E-state index is 12.1. The maximum absolute atomic E-state index is 12.1. The van der Waals surface area contributed by atoms with Crippen LogP contribution in [0.1, 0.15) is 30.2 Å². The van der Waals surface area contributed by atoms with Gasteiger partial charge in [-0.2, -0.15) is 0 Å². The maximum Gasteiger partial charge on any atom is 0.338 e. The van der Waals surface area contributed by atoms with E-state index < -0.39 is 12.8 Å². The van der Waals surface area contributed by atoms with E-state index in [-0.39, 0.29) is 25.1 Å². The number of halogens is 1. The highest BCUT2D eigenvalue weighted by atomic mass is 35.5. The van der Waals surface area contributed by atoms with Crippen LogP contribution in [-0.4, -0.2) is 18.5 Å². The lowest BCUT2D eigenvalue weighted by atomic mass is 10.4. The van der Waals surface area contributed by atoms with E-state index in [4.69, 9.17) is 25.1 Å². The zero-order valence-electron chi connectivity index (χ0n) is 9.64. The van der Waals surface area contributed by atoms with Gasteiger partial charge in [0.15, 0.2) is 5.76 Å². The first-order valence-corrected chi connectivity index (χ1v) is 7.28. The van der Waals surface area contributed by atoms with E-state index >= 15 is 0 Å². The standard InChI is InChI=1S/C10H14ClO5P/c1-3-14-17(13,15-4-2)7-8-5-6-9(16-8)10(11)12/h5-6H,3-4,7H2,1-2H3. The summed E-state index contributed by atoms with van der Waals surface area (Å²) in [4.78, 5) is 10.8. The number of hydrogen-bond acceptors (Lipinski definition) is 5. The topological polar surface area (TPSA) is 65.7 Å². The van der Waals surface area contributed by atoms with Crippen molar-refractivity contribution < 1.29 is 22.8 Å². The molecule has 1 rings (SSSR count). The Hall–Kier alpha value is -0.610. The molecule has 0 radical (unpaired) electrons. The summed E-state index contributed by atoms with van der Waals surface area (Å²) in [5.41, 5.74) is 0. The van der Waals surface area contributed by atoms with E-state index in [1.807, 2.05) is 0 Å². The number of furan rings is 1. The molecule has 0 spiro atoms. The Morgan fingerprint density at radius 1 is 1.35 bits per heavy atom. The van der Waals surface area contributed by atoms with E-state index in [2.05, 4.69) is 0 Å². The van der Waals surface area contributed by atoms with Crippen molar-refractivity contribution in [3.05, 3.63) is 23.7 Å². The molecule has 1 aromatic heterocycles. The molecule has 0 N–H and O–H groups in total. The fraction of sp³-hybridized carbons (Fsp3) is 0.500. The molecule has 17 heavy (non-hydrogen) atoms. The highest BCUT2D eigenvalue weighted by Gasteiger charge is 2.26. The van der Waals surface area contributed by atoms with Crippen LogP contribution >= 0.6 is 19.2 Å². The normalized spacial score (nSPS) is 11.7. The van der Waals surface area contributed by atoms with E-state index in [0.717, 1.165) is 0 Å². The van der Waals surface area contributed by atoms with Gasteiger partial charge in [-0.25, -0.2) is 0 Å². The third kappa shape index (κ3) is 4.28. The Bertz CT molecular complexity index is 418. The Morgan fingerprint density at radius 3 is 2.35 bits per heavy atom. The smallest absolute Gasteiger partial charge is 0.338 e. The monoisotopic (exact) mass is 280 g/mol. The molecule has 0 aliphatic rings. The van der Waals surface area contributed by atoms with Crippen LogP contribution in [0.15, 0.2) is 16.5 Å². The van der Waals surface area contributed by atoms with Gasteiger partial charge in [-0.15, -0.1) is 0 Å². The molecule has 0 atom stereocenters. The van der Waals surface area contributed by atoms with Crippen LogP contribution in [0.5, 0.6) is 0 Å². The molecule has 0 aliphatic heterocycles. The van der Waals surface area contributed by atoms with Crippen molar-refractivity contribution in [3.63, 3.8) is 0 Å². The van der Waals surface area contributed by atoms with Gasteiger partial charge >= 0.3 is 7.60 Å². The third-order valence-corrected chi connectivity index (χ3v) is 4.04. The first-order valence-electron chi connectivity index (χ1n) is 5.17. The third-order valence-electron chi connectivity index (χ3n) is 1.86. The second-order valence-electron chi connectivity index (χ2n) is 3.14. The number of hydrogen-bond donors (Lipinski definition) is 0. The summed E-state index contributed by atoms with van der Waals surface area (Å²) < 4.78 is 27.5. The summed E-state index contributed by atoms with van der Waals surface area (Å²) in [5, 5.41) is -0.695. The highest BCUT2D eigenvalue weighted by molar-refractivity contribution is 7.53. The minimum atomic E-state index is -3.21. The minimum absolute atomic E-state index is 0.0150. The minimum Gasteiger partial charge on any atom is -0.456 e. The van der Waals surface area contributed by atoms with Crippen LogP contribution in [0.4, 0.5) is 0 Å². The Morgan fingerprint density at radius 2 is 1.94 bits per heavy atom. The molecule has 0 saturated heterocycles. The van der Waals surface area contributed by atoms with Crippen molar-refractivity contribution in [2.24, 2.45) is 0 Å². The summed E-state index contributed by atoms with van der Waals surface area (Å²) in [6.45, 7) is 4.00. The van der Waals surface area contributed by atoms with Gasteiger partial charge in [0.2, 0.25) is 0 Å². The molecule has 0 aromatic carbocycles. The molecule has 0 bridgehead atoms. The Balaban J connectivity index is 2.78. The molecule has 5 nitrogen and oxygen atoms in total. The van der Waals surface area contributed by atoms with E-state index in [0.29, 0.717) is 5.76 Å². The van der Waals surface area contributed by atoms with Crippen molar-refractivity contribution in [2.45, 2.75) is 20.0 Å². The molecule has 0 fully saturated rings. The lowest BCUT2D eigenvalue weighted by Crippen LogP contribution is -1.98. The second kappa shape index (κ2) is 6.36. The fourth-order valence-corrected chi connectivity index (χ4v) is 2.98. The first kappa shape index (κ1) is 14.5. The summed E-state index contributed by atoms with van der Waals surface area (Å²) in [5.74, 6) is 0.362. The highest BCUT2D eigenvalue weighted by Crippen LogP contribution is 2.51. The number of rotatable bonds is 7. The van der Waals surface area contributed by atoms with Crippen LogP contribution in [-0.2, 0) is 19.8 Å². The second-order valence-corrected chi connectivity index (χ2v) is 5.54. The SMILES string of the molecule is CCOP(=O)(Cc1ccc(C(=O)Cl)o1)OCC. The lowest BCUT2D eigenvalue weighted by molar-refractivity contribution is 0.105. The molecule has 1 heterocycles. The molecule has 0 aliphatic carbocycles. The van der Waals surface area contributed by atoms with Gasteiger partial charge < -0.3 is 13.5 Å². The average Bonchev–Trinajstić information content (AvgIpc) is 2.66.